The van der Waals surface area contributed by atoms with E-state index in [1.165, 1.54) is 25.7 Å². The van der Waals surface area contributed by atoms with Gasteiger partial charge in [-0.3, -0.25) is 14.4 Å². The first kappa shape index (κ1) is 16.8. The number of nitrogens with one attached hydrogen (secondary N) is 1. The summed E-state index contributed by atoms with van der Waals surface area (Å²) in [6, 6.07) is 2.73. The Hall–Kier alpha value is -1.40. The summed E-state index contributed by atoms with van der Waals surface area (Å²) in [5.41, 5.74) is -0.483. The molecule has 3 unspecified atom stereocenters. The van der Waals surface area contributed by atoms with Crippen molar-refractivity contribution in [2.75, 3.05) is 39.3 Å². The molecule has 3 atom stereocenters. The molecule has 0 aromatic carbocycles. The average Bonchev–Trinajstić information content (AvgIpc) is 3.46. The van der Waals surface area contributed by atoms with Crippen LogP contribution in [0.1, 0.15) is 38.5 Å². The predicted octanol–water partition coefficient (Wildman–Crippen LogP) is 1.29. The molecule has 4 fully saturated rings. The molecule has 2 aliphatic heterocycles. The molecule has 1 aromatic rings. The molecular formula is C20H31N5O. The molecule has 4 aliphatic rings. The van der Waals surface area contributed by atoms with Crippen molar-refractivity contribution in [3.63, 3.8) is 0 Å². The van der Waals surface area contributed by atoms with Gasteiger partial charge in [-0.15, -0.1) is 0 Å². The van der Waals surface area contributed by atoms with Crippen LogP contribution in [0.25, 0.3) is 0 Å². The Kier molecular flexibility index (Phi) is 4.28. The van der Waals surface area contributed by atoms with Gasteiger partial charge in [0, 0.05) is 44.6 Å². The minimum Gasteiger partial charge on any atom is -0.338 e. The smallest absolute Gasteiger partial charge is 0.250 e. The summed E-state index contributed by atoms with van der Waals surface area (Å²) < 4.78 is 1.93. The lowest BCUT2D eigenvalue weighted by molar-refractivity contribution is -0.145. The molecule has 2 saturated heterocycles. The fraction of sp³-hybridized carbons (Fsp3) is 0.800. The lowest BCUT2D eigenvalue weighted by atomic mass is 9.86. The van der Waals surface area contributed by atoms with Crippen molar-refractivity contribution in [3.8, 4) is 0 Å². The van der Waals surface area contributed by atoms with E-state index in [9.17, 15) is 4.79 Å². The van der Waals surface area contributed by atoms with Crippen molar-refractivity contribution in [1.29, 1.82) is 0 Å². The first-order valence-corrected chi connectivity index (χ1v) is 10.5. The molecule has 1 amide bonds. The fourth-order valence-corrected chi connectivity index (χ4v) is 6.11. The van der Waals surface area contributed by atoms with Gasteiger partial charge in [-0.05, 0) is 63.1 Å². The molecule has 5 rings (SSSR count). The Morgan fingerprint density at radius 3 is 2.50 bits per heavy atom. The molecule has 0 spiro atoms. The van der Waals surface area contributed by atoms with Crippen LogP contribution in [0.2, 0.25) is 0 Å². The summed E-state index contributed by atoms with van der Waals surface area (Å²) in [5, 5.41) is 7.86. The van der Waals surface area contributed by atoms with Crippen LogP contribution in [-0.2, 0) is 10.3 Å². The third-order valence-corrected chi connectivity index (χ3v) is 7.54. The van der Waals surface area contributed by atoms with E-state index in [2.05, 4.69) is 20.2 Å². The zero-order valence-electron chi connectivity index (χ0n) is 15.6. The number of hydrogen-bond donors (Lipinski definition) is 1. The molecule has 3 heterocycles. The minimum atomic E-state index is -0.483. The van der Waals surface area contributed by atoms with E-state index in [1.54, 1.807) is 6.20 Å². The Bertz CT molecular complexity index is 631. The molecule has 2 bridgehead atoms. The summed E-state index contributed by atoms with van der Waals surface area (Å²) in [4.78, 5) is 18.4. The third kappa shape index (κ3) is 2.69. The fourth-order valence-electron chi connectivity index (χ4n) is 6.11. The maximum atomic E-state index is 13.5. The zero-order valence-corrected chi connectivity index (χ0v) is 15.6. The van der Waals surface area contributed by atoms with Gasteiger partial charge in [-0.1, -0.05) is 6.42 Å². The number of nitrogens with zero attached hydrogens (tertiary/aromatic N) is 4. The summed E-state index contributed by atoms with van der Waals surface area (Å²) >= 11 is 0. The summed E-state index contributed by atoms with van der Waals surface area (Å²) in [6.07, 6.45) is 11.2. The van der Waals surface area contributed by atoms with Gasteiger partial charge in [0.15, 0.2) is 0 Å². The molecule has 6 heteroatoms. The number of carbonyl (C=O) groups is 1. The highest BCUT2D eigenvalue weighted by molar-refractivity contribution is 5.84. The average molecular weight is 358 g/mol. The second kappa shape index (κ2) is 6.64. The number of rotatable bonds is 3. The van der Waals surface area contributed by atoms with Crippen LogP contribution in [0.4, 0.5) is 0 Å². The first-order chi connectivity index (χ1) is 12.8. The van der Waals surface area contributed by atoms with Crippen LogP contribution < -0.4 is 5.32 Å². The quantitative estimate of drug-likeness (QED) is 0.886. The van der Waals surface area contributed by atoms with Gasteiger partial charge in [0.1, 0.15) is 5.54 Å². The van der Waals surface area contributed by atoms with Crippen molar-refractivity contribution in [3.05, 3.63) is 18.5 Å². The van der Waals surface area contributed by atoms with Gasteiger partial charge in [0.2, 0.25) is 0 Å². The van der Waals surface area contributed by atoms with Gasteiger partial charge in [0.25, 0.3) is 5.91 Å². The molecule has 1 N–H and O–H groups in total. The van der Waals surface area contributed by atoms with Crippen LogP contribution in [-0.4, -0.2) is 70.8 Å². The van der Waals surface area contributed by atoms with E-state index in [4.69, 9.17) is 0 Å². The highest BCUT2D eigenvalue weighted by Gasteiger charge is 2.47. The highest BCUT2D eigenvalue weighted by Crippen LogP contribution is 2.46. The summed E-state index contributed by atoms with van der Waals surface area (Å²) in [7, 11) is 0. The molecule has 0 radical (unpaired) electrons. The van der Waals surface area contributed by atoms with Gasteiger partial charge in [-0.2, -0.15) is 5.10 Å². The Morgan fingerprint density at radius 1 is 1.08 bits per heavy atom. The normalized spacial score (nSPS) is 34.3. The lowest BCUT2D eigenvalue weighted by Crippen LogP contribution is -2.60. The Morgan fingerprint density at radius 2 is 1.88 bits per heavy atom. The molecule has 26 heavy (non-hydrogen) atoms. The number of aromatic nitrogens is 2. The van der Waals surface area contributed by atoms with E-state index >= 15 is 0 Å². The number of piperidine rings is 1. The lowest BCUT2D eigenvalue weighted by Gasteiger charge is -2.45. The van der Waals surface area contributed by atoms with Gasteiger partial charge >= 0.3 is 0 Å². The van der Waals surface area contributed by atoms with Crippen LogP contribution in [0.5, 0.6) is 0 Å². The van der Waals surface area contributed by atoms with Crippen LogP contribution in [0, 0.1) is 11.8 Å². The van der Waals surface area contributed by atoms with Crippen molar-refractivity contribution in [2.45, 2.75) is 50.1 Å². The van der Waals surface area contributed by atoms with E-state index in [0.29, 0.717) is 0 Å². The SMILES string of the molecule is O=C(N1CCN(C2CC3CCC2C3)CC1)C1(n2cccn2)CCNCC1. The van der Waals surface area contributed by atoms with Crippen LogP contribution in [0.15, 0.2) is 18.5 Å². The number of hydrogen-bond acceptors (Lipinski definition) is 4. The van der Waals surface area contributed by atoms with Crippen molar-refractivity contribution in [2.24, 2.45) is 11.8 Å². The molecule has 2 saturated carbocycles. The van der Waals surface area contributed by atoms with E-state index < -0.39 is 5.54 Å². The second-order valence-corrected chi connectivity index (χ2v) is 8.80. The molecule has 2 aliphatic carbocycles. The maximum absolute atomic E-state index is 13.5. The largest absolute Gasteiger partial charge is 0.338 e. The molecule has 6 nitrogen and oxygen atoms in total. The van der Waals surface area contributed by atoms with Crippen molar-refractivity contribution < 1.29 is 4.79 Å². The van der Waals surface area contributed by atoms with Gasteiger partial charge in [0.05, 0.1) is 0 Å². The topological polar surface area (TPSA) is 53.4 Å². The van der Waals surface area contributed by atoms with Crippen molar-refractivity contribution in [1.82, 2.24) is 24.9 Å². The Labute approximate surface area is 155 Å². The number of amides is 1. The van der Waals surface area contributed by atoms with Crippen LogP contribution >= 0.6 is 0 Å². The maximum Gasteiger partial charge on any atom is 0.250 e. The van der Waals surface area contributed by atoms with Gasteiger partial charge in [-0.25, -0.2) is 0 Å². The summed E-state index contributed by atoms with van der Waals surface area (Å²) in [5.74, 6) is 2.21. The number of fused-ring (bicyclic) bond motifs is 2. The Balaban J connectivity index is 1.27. The standard InChI is InChI=1S/C20H31N5O/c26-19(20(4-7-21-8-5-20)25-9-1-6-22-25)24-12-10-23(11-13-24)18-15-16-2-3-17(18)14-16/h1,6,9,16-18,21H,2-5,7-8,10-15H2. The predicted molar refractivity (Wildman–Crippen MR) is 99.7 cm³/mol. The van der Waals surface area contributed by atoms with E-state index in [0.717, 1.165) is 70.0 Å². The minimum absolute atomic E-state index is 0.287. The third-order valence-electron chi connectivity index (χ3n) is 7.54. The van der Waals surface area contributed by atoms with E-state index in [1.807, 2.05) is 16.9 Å². The van der Waals surface area contributed by atoms with Crippen LogP contribution in [0.3, 0.4) is 0 Å². The van der Waals surface area contributed by atoms with Crippen molar-refractivity contribution >= 4 is 5.91 Å². The highest BCUT2D eigenvalue weighted by atomic mass is 16.2. The zero-order chi connectivity index (χ0) is 17.6. The monoisotopic (exact) mass is 357 g/mol. The summed E-state index contributed by atoms with van der Waals surface area (Å²) in [6.45, 7) is 5.62. The molecule has 142 valence electrons. The molecule has 1 aromatic heterocycles. The number of carbonyl (C=O) groups excluding carboxylic acids is 1. The van der Waals surface area contributed by atoms with Gasteiger partial charge < -0.3 is 10.2 Å². The second-order valence-electron chi connectivity index (χ2n) is 8.80. The molecular weight excluding hydrogens is 326 g/mol. The first-order valence-electron chi connectivity index (χ1n) is 10.5. The van der Waals surface area contributed by atoms with E-state index in [-0.39, 0.29) is 5.91 Å². The number of piperazine rings is 1.